The van der Waals surface area contributed by atoms with Crippen LogP contribution in [0.15, 0.2) is 42.5 Å². The van der Waals surface area contributed by atoms with Gasteiger partial charge in [0.1, 0.15) is 0 Å². The van der Waals surface area contributed by atoms with E-state index in [0.717, 1.165) is 5.56 Å². The molecule has 0 aliphatic carbocycles. The van der Waals surface area contributed by atoms with Crippen LogP contribution in [0.2, 0.25) is 0 Å². The Morgan fingerprint density at radius 1 is 1.17 bits per heavy atom. The van der Waals surface area contributed by atoms with Gasteiger partial charge in [0.05, 0.1) is 26.2 Å². The van der Waals surface area contributed by atoms with Crippen LogP contribution < -0.4 is 0 Å². The predicted molar refractivity (Wildman–Crippen MR) is 88.1 cm³/mol. The van der Waals surface area contributed by atoms with E-state index in [4.69, 9.17) is 14.2 Å². The molecule has 3 rings (SSSR count). The maximum absolute atomic E-state index is 12.1. The van der Waals surface area contributed by atoms with Crippen LogP contribution in [0.4, 0.5) is 0 Å². The average Bonchev–Trinajstić information content (AvgIpc) is 3.11. The van der Waals surface area contributed by atoms with E-state index in [2.05, 4.69) is 30.3 Å². The van der Waals surface area contributed by atoms with Crippen LogP contribution in [0.5, 0.6) is 0 Å². The van der Waals surface area contributed by atoms with Gasteiger partial charge in [-0.1, -0.05) is 42.5 Å². The predicted octanol–water partition coefficient (Wildman–Crippen LogP) is 3.32. The number of methoxy groups -OCH3 is 1. The van der Waals surface area contributed by atoms with Crippen molar-refractivity contribution >= 4 is 16.7 Å². The van der Waals surface area contributed by atoms with Crippen molar-refractivity contribution in [1.29, 1.82) is 0 Å². The number of ether oxygens (including phenoxy) is 3. The van der Waals surface area contributed by atoms with Crippen molar-refractivity contribution in [3.05, 3.63) is 48.0 Å². The topological polar surface area (TPSA) is 44.8 Å². The maximum atomic E-state index is 12.1. The summed E-state index contributed by atoms with van der Waals surface area (Å²) in [7, 11) is 1.44. The second-order valence-electron chi connectivity index (χ2n) is 5.85. The zero-order valence-corrected chi connectivity index (χ0v) is 13.4. The lowest BCUT2D eigenvalue weighted by atomic mass is 9.93. The highest BCUT2D eigenvalue weighted by molar-refractivity contribution is 5.83. The Balaban J connectivity index is 1.69. The molecule has 1 heterocycles. The largest absolute Gasteiger partial charge is 0.469 e. The Morgan fingerprint density at radius 2 is 1.91 bits per heavy atom. The summed E-state index contributed by atoms with van der Waals surface area (Å²) in [4.78, 5) is 12.1. The zero-order chi connectivity index (χ0) is 16.1. The fourth-order valence-electron chi connectivity index (χ4n) is 3.03. The van der Waals surface area contributed by atoms with Gasteiger partial charge in [-0.25, -0.2) is 0 Å². The number of hydrogen-bond acceptors (Lipinski definition) is 4. The molecule has 23 heavy (non-hydrogen) atoms. The number of hydrogen-bond donors (Lipinski definition) is 0. The molecular formula is C19H22O4. The summed E-state index contributed by atoms with van der Waals surface area (Å²) >= 11 is 0. The average molecular weight is 314 g/mol. The first kappa shape index (κ1) is 16.0. The molecule has 0 N–H and O–H groups in total. The number of benzene rings is 2. The molecular weight excluding hydrogens is 292 g/mol. The monoisotopic (exact) mass is 314 g/mol. The minimum absolute atomic E-state index is 0.170. The van der Waals surface area contributed by atoms with Crippen molar-refractivity contribution < 1.29 is 19.0 Å². The molecule has 0 amide bonds. The lowest BCUT2D eigenvalue weighted by Gasteiger charge is -2.17. The molecule has 0 radical (unpaired) electrons. The third kappa shape index (κ3) is 4.09. The molecule has 4 nitrogen and oxygen atoms in total. The van der Waals surface area contributed by atoms with Crippen molar-refractivity contribution in [1.82, 2.24) is 0 Å². The van der Waals surface area contributed by atoms with Crippen molar-refractivity contribution in [2.75, 3.05) is 20.3 Å². The first-order valence-electron chi connectivity index (χ1n) is 8.05. The summed E-state index contributed by atoms with van der Waals surface area (Å²) in [5.41, 5.74) is 1.15. The maximum Gasteiger partial charge on any atom is 0.308 e. The van der Waals surface area contributed by atoms with Crippen LogP contribution in [0, 0.1) is 5.92 Å². The van der Waals surface area contributed by atoms with Crippen LogP contribution in [-0.4, -0.2) is 32.6 Å². The smallest absolute Gasteiger partial charge is 0.308 e. The first-order valence-corrected chi connectivity index (χ1v) is 8.05. The fraction of sp³-hybridized carbons (Fsp3) is 0.421. The Kier molecular flexibility index (Phi) is 5.26. The zero-order valence-electron chi connectivity index (χ0n) is 13.4. The van der Waals surface area contributed by atoms with Gasteiger partial charge in [-0.2, -0.15) is 0 Å². The number of esters is 1. The van der Waals surface area contributed by atoms with Crippen molar-refractivity contribution in [3.8, 4) is 0 Å². The lowest BCUT2D eigenvalue weighted by Crippen LogP contribution is -2.21. The highest BCUT2D eigenvalue weighted by atomic mass is 16.7. The molecule has 0 aromatic heterocycles. The molecule has 2 aromatic rings. The molecule has 0 bridgehead atoms. The molecule has 1 aliphatic heterocycles. The van der Waals surface area contributed by atoms with Crippen LogP contribution in [0.3, 0.4) is 0 Å². The van der Waals surface area contributed by atoms with Crippen LogP contribution in [0.25, 0.3) is 10.8 Å². The Hall–Kier alpha value is -1.91. The van der Waals surface area contributed by atoms with Crippen LogP contribution >= 0.6 is 0 Å². The van der Waals surface area contributed by atoms with E-state index in [1.807, 2.05) is 12.1 Å². The quantitative estimate of drug-likeness (QED) is 0.767. The Bertz CT molecular complexity index is 661. The summed E-state index contributed by atoms with van der Waals surface area (Å²) in [6.45, 7) is 1.27. The van der Waals surface area contributed by atoms with Gasteiger partial charge in [0.2, 0.25) is 0 Å². The molecule has 0 saturated carbocycles. The van der Waals surface area contributed by atoms with Gasteiger partial charge in [0.15, 0.2) is 6.29 Å². The van der Waals surface area contributed by atoms with E-state index >= 15 is 0 Å². The second kappa shape index (κ2) is 7.57. The van der Waals surface area contributed by atoms with Gasteiger partial charge in [0, 0.05) is 0 Å². The lowest BCUT2D eigenvalue weighted by molar-refractivity contribution is -0.146. The van der Waals surface area contributed by atoms with E-state index in [0.29, 0.717) is 32.5 Å². The van der Waals surface area contributed by atoms with Gasteiger partial charge < -0.3 is 14.2 Å². The summed E-state index contributed by atoms with van der Waals surface area (Å²) in [5, 5.41) is 2.40. The van der Waals surface area contributed by atoms with Crippen molar-refractivity contribution in [2.24, 2.45) is 5.92 Å². The van der Waals surface area contributed by atoms with Gasteiger partial charge in [0.25, 0.3) is 0 Å². The highest BCUT2D eigenvalue weighted by Gasteiger charge is 2.24. The minimum atomic E-state index is -0.182. The van der Waals surface area contributed by atoms with Gasteiger partial charge in [-0.15, -0.1) is 0 Å². The van der Waals surface area contributed by atoms with E-state index < -0.39 is 0 Å². The Morgan fingerprint density at radius 3 is 2.65 bits per heavy atom. The normalized spacial score (nSPS) is 16.6. The fourth-order valence-corrected chi connectivity index (χ4v) is 3.03. The number of rotatable bonds is 6. The van der Waals surface area contributed by atoms with Crippen LogP contribution in [-0.2, 0) is 25.4 Å². The van der Waals surface area contributed by atoms with Gasteiger partial charge in [-0.3, -0.25) is 4.79 Å². The standard InChI is InChI=1S/C19H22O4/c1-21-19(20)17(8-9-18-22-10-11-23-18)13-14-6-7-15-4-2-3-5-16(15)12-14/h2-7,12,17-18H,8-11,13H2,1H3. The molecule has 1 saturated heterocycles. The molecule has 1 unspecified atom stereocenters. The van der Waals surface area contributed by atoms with E-state index in [-0.39, 0.29) is 18.2 Å². The van der Waals surface area contributed by atoms with Crippen LogP contribution in [0.1, 0.15) is 18.4 Å². The van der Waals surface area contributed by atoms with E-state index in [1.54, 1.807) is 0 Å². The van der Waals surface area contributed by atoms with E-state index in [1.165, 1.54) is 17.9 Å². The molecule has 1 aliphatic rings. The number of carbonyl (C=O) groups is 1. The summed E-state index contributed by atoms with van der Waals surface area (Å²) in [5.74, 6) is -0.342. The molecule has 1 fully saturated rings. The van der Waals surface area contributed by atoms with Gasteiger partial charge >= 0.3 is 5.97 Å². The summed E-state index contributed by atoms with van der Waals surface area (Å²) in [6, 6.07) is 14.6. The molecule has 4 heteroatoms. The second-order valence-corrected chi connectivity index (χ2v) is 5.85. The first-order chi connectivity index (χ1) is 11.3. The molecule has 0 spiro atoms. The molecule has 122 valence electrons. The number of carbonyl (C=O) groups excluding carboxylic acids is 1. The third-order valence-corrected chi connectivity index (χ3v) is 4.27. The molecule has 2 aromatic carbocycles. The summed E-state index contributed by atoms with van der Waals surface area (Å²) in [6.07, 6.45) is 1.90. The van der Waals surface area contributed by atoms with E-state index in [9.17, 15) is 4.79 Å². The van der Waals surface area contributed by atoms with Crippen molar-refractivity contribution in [2.45, 2.75) is 25.6 Å². The third-order valence-electron chi connectivity index (χ3n) is 4.27. The van der Waals surface area contributed by atoms with Gasteiger partial charge in [-0.05, 0) is 35.6 Å². The number of fused-ring (bicyclic) bond motifs is 1. The van der Waals surface area contributed by atoms with Crippen molar-refractivity contribution in [3.63, 3.8) is 0 Å². The Labute approximate surface area is 136 Å². The molecule has 1 atom stereocenters. The summed E-state index contributed by atoms with van der Waals surface area (Å²) < 4.78 is 15.9. The minimum Gasteiger partial charge on any atom is -0.469 e. The highest BCUT2D eigenvalue weighted by Crippen LogP contribution is 2.22. The SMILES string of the molecule is COC(=O)C(CCC1OCCO1)Cc1ccc2ccccc2c1.